The van der Waals surface area contributed by atoms with Crippen molar-refractivity contribution < 1.29 is 41.9 Å². The Kier molecular flexibility index (Phi) is 14.8. The SMILES string of the molecule is CCn1c2c3c4cc(ccc41)-c1csc(n1)C[C@H](NC(=O)[C@H](C(C)C)N(C)C(=O)N1CCCC(CS(=O)(=O)O)C1)C(=O)N1CCC[C@H](N1)[N+](=O)OCC(C)(C)C3[C@H](OC)c1ncc(N3CCN(C)CC3)cc1-2. The lowest BCUT2D eigenvalue weighted by Crippen LogP contribution is -2.62. The molecule has 6 atom stereocenters. The second-order valence-electron chi connectivity index (χ2n) is 21.3. The van der Waals surface area contributed by atoms with Gasteiger partial charge in [-0.25, -0.2) is 14.6 Å². The van der Waals surface area contributed by atoms with Crippen LogP contribution in [0.4, 0.5) is 10.5 Å². The lowest BCUT2D eigenvalue weighted by atomic mass is 9.67. The van der Waals surface area contributed by atoms with Gasteiger partial charge < -0.3 is 34.2 Å². The van der Waals surface area contributed by atoms with Crippen LogP contribution in [0.5, 0.6) is 0 Å². The number of hydrazine groups is 1. The number of amides is 4. The van der Waals surface area contributed by atoms with E-state index in [2.05, 4.69) is 77.2 Å². The Morgan fingerprint density at radius 2 is 1.86 bits per heavy atom. The van der Waals surface area contributed by atoms with Crippen LogP contribution in [0.3, 0.4) is 0 Å². The van der Waals surface area contributed by atoms with Gasteiger partial charge >= 0.3 is 12.2 Å². The van der Waals surface area contributed by atoms with Crippen LogP contribution >= 0.6 is 11.3 Å². The monoisotopic (exact) mass is 1030 g/mol. The largest absolute Gasteiger partial charge is 0.374 e. The number of anilines is 1. The number of fused-ring (bicyclic) bond motifs is 8. The average Bonchev–Trinajstić information content (AvgIpc) is 3.96. The van der Waals surface area contributed by atoms with Crippen LogP contribution in [0.1, 0.15) is 88.6 Å². The first kappa shape index (κ1) is 51.6. The summed E-state index contributed by atoms with van der Waals surface area (Å²) in [4.78, 5) is 82.2. The molecule has 9 rings (SSSR count). The Morgan fingerprint density at radius 1 is 1.11 bits per heavy atom. The fraction of sp³-hybridized carbons (Fsp3) is 0.620. The van der Waals surface area contributed by atoms with Crippen molar-refractivity contribution in [2.75, 3.05) is 84.3 Å². The molecule has 72 heavy (non-hydrogen) atoms. The molecule has 4 amide bonds. The molecular weight excluding hydrogens is 963 g/mol. The number of urea groups is 1. The normalized spacial score (nSPS) is 24.4. The number of nitrogens with zero attached hydrogens (tertiary/aromatic N) is 9. The molecule has 2 unspecified atom stereocenters. The van der Waals surface area contributed by atoms with Gasteiger partial charge in [-0.05, 0) is 68.8 Å². The van der Waals surface area contributed by atoms with Gasteiger partial charge in [0.2, 0.25) is 10.8 Å². The number of carbonyl (C=O) groups is 3. The van der Waals surface area contributed by atoms with Crippen molar-refractivity contribution in [3.63, 3.8) is 0 Å². The summed E-state index contributed by atoms with van der Waals surface area (Å²) in [5.74, 6) is -2.65. The van der Waals surface area contributed by atoms with E-state index < -0.39 is 75.3 Å². The van der Waals surface area contributed by atoms with E-state index in [1.54, 1.807) is 7.11 Å². The van der Waals surface area contributed by atoms with E-state index in [0.29, 0.717) is 54.4 Å². The molecule has 3 saturated heterocycles. The summed E-state index contributed by atoms with van der Waals surface area (Å²) in [5, 5.41) is 7.96. The highest BCUT2D eigenvalue weighted by Gasteiger charge is 2.49. The zero-order chi connectivity index (χ0) is 51.4. The van der Waals surface area contributed by atoms with Crippen LogP contribution in [0, 0.1) is 22.2 Å². The summed E-state index contributed by atoms with van der Waals surface area (Å²) in [6, 6.07) is 6.03. The molecule has 1 aliphatic carbocycles. The first-order chi connectivity index (χ1) is 34.3. The third-order valence-corrected chi connectivity index (χ3v) is 17.1. The van der Waals surface area contributed by atoms with Gasteiger partial charge in [0.1, 0.15) is 18.2 Å². The highest BCUT2D eigenvalue weighted by atomic mass is 32.2. The number of likely N-dealkylation sites (tertiary alicyclic amines) is 1. The molecule has 3 aromatic heterocycles. The van der Waals surface area contributed by atoms with Gasteiger partial charge in [-0.2, -0.15) is 13.8 Å². The van der Waals surface area contributed by atoms with Crippen molar-refractivity contribution in [1.82, 2.24) is 45.0 Å². The topological polar surface area (TPSA) is 215 Å². The summed E-state index contributed by atoms with van der Waals surface area (Å²) < 4.78 is 41.8. The zero-order valence-corrected chi connectivity index (χ0v) is 44.3. The second-order valence-corrected chi connectivity index (χ2v) is 23.7. The Labute approximate surface area is 425 Å². The van der Waals surface area contributed by atoms with Crippen LogP contribution in [0.2, 0.25) is 0 Å². The number of pyridine rings is 1. The van der Waals surface area contributed by atoms with Crippen molar-refractivity contribution in [1.29, 1.82) is 0 Å². The van der Waals surface area contributed by atoms with E-state index in [0.717, 1.165) is 70.8 Å². The van der Waals surface area contributed by atoms with E-state index in [-0.39, 0.29) is 32.0 Å². The van der Waals surface area contributed by atoms with Gasteiger partial charge in [0.15, 0.2) is 6.61 Å². The maximum atomic E-state index is 14.8. The lowest BCUT2D eigenvalue weighted by Gasteiger charge is -2.42. The molecule has 0 radical (unpaired) electrons. The number of methoxy groups -OCH3 is 1. The predicted octanol–water partition coefficient (Wildman–Crippen LogP) is 5.29. The summed E-state index contributed by atoms with van der Waals surface area (Å²) >= 11 is 1.38. The van der Waals surface area contributed by atoms with Crippen molar-refractivity contribution in [3.05, 3.63) is 57.0 Å². The Hall–Kier alpha value is -5.26. The second kappa shape index (κ2) is 20.6. The number of hydrogen-bond donors (Lipinski definition) is 3. The molecule has 6 bridgehead atoms. The first-order valence-corrected chi connectivity index (χ1v) is 27.8. The highest BCUT2D eigenvalue weighted by molar-refractivity contribution is 7.85. The number of piperazine rings is 1. The first-order valence-electron chi connectivity index (χ1n) is 25.3. The van der Waals surface area contributed by atoms with Crippen molar-refractivity contribution in [3.8, 4) is 22.5 Å². The number of likely N-dealkylation sites (N-methyl/N-ethyl adjacent to an activating group) is 2. The molecule has 3 fully saturated rings. The standard InChI is InChI=1S/C50H69N11O9S2/c1-9-59-38-15-14-32-22-34(38)41-42(46(69-8)43-35(45(41)59)23-33(25-51-43)57-20-18-55(6)19-21-57)50(4,5)29-70-61(65)39-13-11-17-60(54-39)48(63)36(24-40-52-37(32)27-71-40)53-47(62)44(30(2)3)56(7)49(64)58-16-10-12-31(26-58)28-72(66,67)68/h14-15,22-23,25,27,30-31,36,39,42,44,46,54H,9-13,16-21,24,26,28-29H2,1-8H3,(H-,53,62,66,67,68)/p+1/t31?,36-,39+,42?,44-,46-/m0/s1. The molecule has 20 nitrogen and oxygen atoms in total. The van der Waals surface area contributed by atoms with E-state index in [4.69, 9.17) is 19.5 Å². The molecule has 5 aliphatic rings. The Balaban J connectivity index is 1.09. The maximum Gasteiger partial charge on any atom is 0.326 e. The van der Waals surface area contributed by atoms with Gasteiger partial charge in [-0.3, -0.25) is 24.1 Å². The number of benzene rings is 1. The number of ether oxygens (including phenoxy) is 1. The fourth-order valence-electron chi connectivity index (χ4n) is 11.7. The van der Waals surface area contributed by atoms with E-state index in [1.807, 2.05) is 25.4 Å². The van der Waals surface area contributed by atoms with Crippen molar-refractivity contribution in [2.24, 2.45) is 17.3 Å². The molecular formula is C50H70N11O9S2+. The zero-order valence-electron chi connectivity index (χ0n) is 42.7. The number of nitrogens with one attached hydrogen (secondary N) is 2. The van der Waals surface area contributed by atoms with Gasteiger partial charge in [0, 0.05) is 118 Å². The number of aromatic nitrogens is 3. The summed E-state index contributed by atoms with van der Waals surface area (Å²) in [6.45, 7) is 15.1. The fourth-order valence-corrected chi connectivity index (χ4v) is 13.5. The number of hydrogen-bond acceptors (Lipinski definition) is 14. The minimum atomic E-state index is -4.25. The number of carbonyl (C=O) groups excluding carboxylic acids is 3. The third-order valence-electron chi connectivity index (χ3n) is 15.4. The van der Waals surface area contributed by atoms with E-state index in [1.165, 1.54) is 33.2 Å². The Morgan fingerprint density at radius 3 is 2.57 bits per heavy atom. The molecule has 22 heteroatoms. The van der Waals surface area contributed by atoms with Gasteiger partial charge in [0.25, 0.3) is 16.0 Å². The number of piperidine rings is 1. The minimum Gasteiger partial charge on any atom is -0.374 e. The smallest absolute Gasteiger partial charge is 0.326 e. The number of thiazole rings is 1. The van der Waals surface area contributed by atoms with Crippen LogP contribution in [-0.2, 0) is 42.2 Å². The third kappa shape index (κ3) is 10.2. The number of rotatable bonds is 9. The van der Waals surface area contributed by atoms with Crippen molar-refractivity contribution in [2.45, 2.75) is 104 Å². The average molecular weight is 1030 g/mol. The molecule has 390 valence electrons. The molecule has 7 heterocycles. The molecule has 1 aromatic carbocycles. The maximum absolute atomic E-state index is 14.8. The molecule has 0 saturated carbocycles. The molecule has 4 aromatic rings. The van der Waals surface area contributed by atoms with Gasteiger partial charge in [0.05, 0.1) is 44.6 Å². The van der Waals surface area contributed by atoms with Crippen LogP contribution in [0.15, 0.2) is 35.8 Å². The molecule has 3 N–H and O–H groups in total. The molecule has 0 spiro atoms. The Bertz CT molecular complexity index is 2830. The predicted molar refractivity (Wildman–Crippen MR) is 274 cm³/mol. The quantitative estimate of drug-likeness (QED) is 0.182. The lowest BCUT2D eigenvalue weighted by molar-refractivity contribution is -0.835. The summed E-state index contributed by atoms with van der Waals surface area (Å²) in [6.07, 6.45) is 2.51. The van der Waals surface area contributed by atoms with E-state index >= 15 is 0 Å². The van der Waals surface area contributed by atoms with Crippen LogP contribution < -0.4 is 15.6 Å². The highest BCUT2D eigenvalue weighted by Crippen LogP contribution is 2.57. The summed E-state index contributed by atoms with van der Waals surface area (Å²) in [5.41, 5.74) is 10.1. The van der Waals surface area contributed by atoms with Crippen LogP contribution in [0.25, 0.3) is 33.4 Å². The van der Waals surface area contributed by atoms with Gasteiger partial charge in [-0.15, -0.1) is 11.3 Å². The minimum absolute atomic E-state index is 0.00930. The van der Waals surface area contributed by atoms with Crippen molar-refractivity contribution >= 4 is 55.9 Å². The van der Waals surface area contributed by atoms with E-state index in [9.17, 15) is 32.3 Å². The summed E-state index contributed by atoms with van der Waals surface area (Å²) in [7, 11) is 1.14. The molecule has 4 aliphatic heterocycles. The van der Waals surface area contributed by atoms with Gasteiger partial charge in [-0.1, -0.05) is 33.8 Å². The van der Waals surface area contributed by atoms with Crippen LogP contribution in [-0.4, -0.2) is 168 Å². The number of aryl methyl sites for hydroxylation is 1.